The monoisotopic (exact) mass is 180 g/mol. The summed E-state index contributed by atoms with van der Waals surface area (Å²) in [4.78, 5) is 4.12. The molecule has 2 N–H and O–H groups in total. The molecule has 0 amide bonds. The van der Waals surface area contributed by atoms with E-state index in [1.807, 2.05) is 33.8 Å². The summed E-state index contributed by atoms with van der Waals surface area (Å²) in [5.41, 5.74) is 6.99. The van der Waals surface area contributed by atoms with E-state index in [0.29, 0.717) is 11.6 Å². The number of aryl methyl sites for hydroxylation is 1. The first kappa shape index (κ1) is 9.84. The average Bonchev–Trinajstić information content (AvgIpc) is 1.93. The van der Waals surface area contributed by atoms with E-state index in [4.69, 9.17) is 10.5 Å². The Kier molecular flexibility index (Phi) is 2.45. The van der Waals surface area contributed by atoms with Gasteiger partial charge in [0, 0.05) is 5.56 Å². The molecule has 0 aromatic carbocycles. The molecule has 0 saturated carbocycles. The van der Waals surface area contributed by atoms with Crippen LogP contribution in [0.5, 0.6) is 5.88 Å². The number of anilines is 1. The van der Waals surface area contributed by atoms with Crippen molar-refractivity contribution >= 4 is 5.69 Å². The molecule has 13 heavy (non-hydrogen) atoms. The van der Waals surface area contributed by atoms with E-state index in [-0.39, 0.29) is 5.60 Å². The van der Waals surface area contributed by atoms with Gasteiger partial charge in [-0.05, 0) is 33.8 Å². The Morgan fingerprint density at radius 1 is 1.38 bits per heavy atom. The minimum Gasteiger partial charge on any atom is -0.472 e. The largest absolute Gasteiger partial charge is 0.472 e. The van der Waals surface area contributed by atoms with Crippen LogP contribution in [0.1, 0.15) is 26.3 Å². The molecule has 0 aliphatic rings. The van der Waals surface area contributed by atoms with Gasteiger partial charge in [0.2, 0.25) is 5.88 Å². The minimum absolute atomic E-state index is 0.214. The molecule has 0 radical (unpaired) electrons. The van der Waals surface area contributed by atoms with Crippen LogP contribution < -0.4 is 10.5 Å². The van der Waals surface area contributed by atoms with E-state index in [0.717, 1.165) is 5.56 Å². The van der Waals surface area contributed by atoms with Crippen LogP contribution in [0.3, 0.4) is 0 Å². The van der Waals surface area contributed by atoms with Crippen molar-refractivity contribution < 1.29 is 4.74 Å². The molecule has 0 spiro atoms. The highest BCUT2D eigenvalue weighted by Crippen LogP contribution is 2.20. The van der Waals surface area contributed by atoms with Crippen LogP contribution in [-0.2, 0) is 0 Å². The zero-order valence-corrected chi connectivity index (χ0v) is 8.59. The van der Waals surface area contributed by atoms with Crippen molar-refractivity contribution in [3.63, 3.8) is 0 Å². The Hall–Kier alpha value is -1.25. The van der Waals surface area contributed by atoms with Gasteiger partial charge in [-0.1, -0.05) is 0 Å². The van der Waals surface area contributed by atoms with Crippen LogP contribution in [0.15, 0.2) is 12.3 Å². The van der Waals surface area contributed by atoms with Gasteiger partial charge in [-0.2, -0.15) is 0 Å². The lowest BCUT2D eigenvalue weighted by Gasteiger charge is -2.21. The number of nitrogen functional groups attached to an aromatic ring is 1. The molecule has 3 nitrogen and oxygen atoms in total. The number of aromatic nitrogens is 1. The van der Waals surface area contributed by atoms with Gasteiger partial charge in [-0.3, -0.25) is 0 Å². The van der Waals surface area contributed by atoms with Crippen LogP contribution in [0, 0.1) is 6.92 Å². The van der Waals surface area contributed by atoms with Crippen molar-refractivity contribution in [3.05, 3.63) is 17.8 Å². The maximum atomic E-state index is 5.62. The second-order valence-corrected chi connectivity index (χ2v) is 4.11. The summed E-state index contributed by atoms with van der Waals surface area (Å²) in [6.45, 7) is 7.91. The highest BCUT2D eigenvalue weighted by atomic mass is 16.5. The smallest absolute Gasteiger partial charge is 0.216 e. The molecule has 0 saturated heterocycles. The summed E-state index contributed by atoms with van der Waals surface area (Å²) in [6, 6.07) is 1.86. The molecule has 0 aliphatic heterocycles. The molecule has 1 heterocycles. The Morgan fingerprint density at radius 3 is 2.46 bits per heavy atom. The number of pyridine rings is 1. The van der Waals surface area contributed by atoms with Crippen LogP contribution in [0.4, 0.5) is 5.69 Å². The van der Waals surface area contributed by atoms with Gasteiger partial charge in [0.25, 0.3) is 0 Å². The first-order chi connectivity index (χ1) is 5.88. The fraction of sp³-hybridized carbons (Fsp3) is 0.500. The third-order valence-electron chi connectivity index (χ3n) is 1.45. The van der Waals surface area contributed by atoms with Crippen LogP contribution in [0.2, 0.25) is 0 Å². The molecule has 72 valence electrons. The Morgan fingerprint density at radius 2 is 2.00 bits per heavy atom. The van der Waals surface area contributed by atoms with Crippen molar-refractivity contribution in [2.45, 2.75) is 33.3 Å². The average molecular weight is 180 g/mol. The van der Waals surface area contributed by atoms with Gasteiger partial charge in [0.05, 0.1) is 11.9 Å². The van der Waals surface area contributed by atoms with Crippen molar-refractivity contribution in [2.75, 3.05) is 5.73 Å². The number of hydrogen-bond donors (Lipinski definition) is 1. The summed E-state index contributed by atoms with van der Waals surface area (Å²) in [5, 5.41) is 0. The predicted molar refractivity (Wildman–Crippen MR) is 53.8 cm³/mol. The van der Waals surface area contributed by atoms with E-state index in [1.54, 1.807) is 6.20 Å². The minimum atomic E-state index is -0.214. The Balaban J connectivity index is 2.90. The normalized spacial score (nSPS) is 11.4. The van der Waals surface area contributed by atoms with Gasteiger partial charge < -0.3 is 10.5 Å². The molecule has 0 atom stereocenters. The molecule has 0 aliphatic carbocycles. The lowest BCUT2D eigenvalue weighted by Crippen LogP contribution is -2.24. The van der Waals surface area contributed by atoms with E-state index in [1.165, 1.54) is 0 Å². The first-order valence-electron chi connectivity index (χ1n) is 4.29. The number of hydrogen-bond acceptors (Lipinski definition) is 3. The van der Waals surface area contributed by atoms with Crippen molar-refractivity contribution in [1.29, 1.82) is 0 Å². The standard InChI is InChI=1S/C10H16N2O/c1-7-5-8(11)6-12-9(7)13-10(2,3)4/h5-6H,11H2,1-4H3. The third kappa shape index (κ3) is 2.93. The molecule has 0 fully saturated rings. The second kappa shape index (κ2) is 3.24. The molecule has 0 unspecified atom stereocenters. The molecular formula is C10H16N2O. The van der Waals surface area contributed by atoms with Crippen LogP contribution in [0.25, 0.3) is 0 Å². The predicted octanol–water partition coefficient (Wildman–Crippen LogP) is 2.15. The molecule has 0 bridgehead atoms. The maximum Gasteiger partial charge on any atom is 0.216 e. The van der Waals surface area contributed by atoms with Gasteiger partial charge >= 0.3 is 0 Å². The molecule has 1 aromatic heterocycles. The number of nitrogens with zero attached hydrogens (tertiary/aromatic N) is 1. The second-order valence-electron chi connectivity index (χ2n) is 4.11. The summed E-state index contributed by atoms with van der Waals surface area (Å²) >= 11 is 0. The summed E-state index contributed by atoms with van der Waals surface area (Å²) in [5.74, 6) is 0.654. The molecule has 3 heteroatoms. The number of nitrogens with two attached hydrogens (primary N) is 1. The third-order valence-corrected chi connectivity index (χ3v) is 1.45. The lowest BCUT2D eigenvalue weighted by atomic mass is 10.2. The van der Waals surface area contributed by atoms with E-state index in [2.05, 4.69) is 4.98 Å². The van der Waals surface area contributed by atoms with Crippen molar-refractivity contribution in [1.82, 2.24) is 4.98 Å². The zero-order valence-electron chi connectivity index (χ0n) is 8.59. The van der Waals surface area contributed by atoms with Crippen molar-refractivity contribution in [3.8, 4) is 5.88 Å². The number of ether oxygens (including phenoxy) is 1. The van der Waals surface area contributed by atoms with Gasteiger partial charge in [-0.25, -0.2) is 4.98 Å². The van der Waals surface area contributed by atoms with Crippen LogP contribution >= 0.6 is 0 Å². The quantitative estimate of drug-likeness (QED) is 0.720. The van der Waals surface area contributed by atoms with Gasteiger partial charge in [-0.15, -0.1) is 0 Å². The highest BCUT2D eigenvalue weighted by molar-refractivity contribution is 5.41. The zero-order chi connectivity index (χ0) is 10.1. The first-order valence-corrected chi connectivity index (χ1v) is 4.29. The van der Waals surface area contributed by atoms with E-state index < -0.39 is 0 Å². The van der Waals surface area contributed by atoms with Crippen molar-refractivity contribution in [2.24, 2.45) is 0 Å². The lowest BCUT2D eigenvalue weighted by molar-refractivity contribution is 0.123. The molecular weight excluding hydrogens is 164 g/mol. The maximum absolute atomic E-state index is 5.62. The SMILES string of the molecule is Cc1cc(N)cnc1OC(C)(C)C. The van der Waals surface area contributed by atoms with Gasteiger partial charge in [0.15, 0.2) is 0 Å². The van der Waals surface area contributed by atoms with Gasteiger partial charge in [0.1, 0.15) is 5.60 Å². The van der Waals surface area contributed by atoms with Crippen LogP contribution in [-0.4, -0.2) is 10.6 Å². The Labute approximate surface area is 78.9 Å². The summed E-state index contributed by atoms with van der Waals surface area (Å²) in [7, 11) is 0. The molecule has 1 rings (SSSR count). The number of rotatable bonds is 1. The highest BCUT2D eigenvalue weighted by Gasteiger charge is 2.14. The fourth-order valence-electron chi connectivity index (χ4n) is 0.981. The topological polar surface area (TPSA) is 48.1 Å². The van der Waals surface area contributed by atoms with E-state index in [9.17, 15) is 0 Å². The van der Waals surface area contributed by atoms with E-state index >= 15 is 0 Å². The molecule has 1 aromatic rings. The fourth-order valence-corrected chi connectivity index (χ4v) is 0.981. The summed E-state index contributed by atoms with van der Waals surface area (Å²) in [6.07, 6.45) is 1.61. The summed E-state index contributed by atoms with van der Waals surface area (Å²) < 4.78 is 5.62. The Bertz CT molecular complexity index is 302.